The minimum Gasteiger partial charge on any atom is -0.330 e. The van der Waals surface area contributed by atoms with Gasteiger partial charge in [0.25, 0.3) is 0 Å². The van der Waals surface area contributed by atoms with E-state index in [-0.39, 0.29) is 11.3 Å². The molecule has 1 heterocycles. The Morgan fingerprint density at radius 3 is 2.83 bits per heavy atom. The third kappa shape index (κ3) is 2.53. The summed E-state index contributed by atoms with van der Waals surface area (Å²) in [5, 5.41) is 2.81. The van der Waals surface area contributed by atoms with Crippen molar-refractivity contribution in [2.24, 2.45) is 5.41 Å². The molecule has 0 aliphatic carbocycles. The lowest BCUT2D eigenvalue weighted by atomic mass is 9.88. The molecule has 1 amide bonds. The largest absolute Gasteiger partial charge is 0.330 e. The highest BCUT2D eigenvalue weighted by atomic mass is 16.1. The first kappa shape index (κ1) is 9.04. The quantitative estimate of drug-likeness (QED) is 0.584. The van der Waals surface area contributed by atoms with Gasteiger partial charge >= 0.3 is 0 Å². The highest BCUT2D eigenvalue weighted by Gasteiger charge is 2.19. The molecule has 0 atom stereocenters. The van der Waals surface area contributed by atoms with Gasteiger partial charge in [0.2, 0.25) is 5.91 Å². The van der Waals surface area contributed by atoms with Crippen molar-refractivity contribution >= 4 is 5.91 Å². The zero-order chi connectivity index (χ0) is 9.19. The van der Waals surface area contributed by atoms with Gasteiger partial charge in [-0.3, -0.25) is 4.79 Å². The molecule has 0 aromatic heterocycles. The van der Waals surface area contributed by atoms with Crippen LogP contribution in [0.5, 0.6) is 0 Å². The predicted molar refractivity (Wildman–Crippen MR) is 49.4 cm³/mol. The molecule has 0 aromatic rings. The van der Waals surface area contributed by atoms with Crippen LogP contribution in [0.2, 0.25) is 0 Å². The monoisotopic (exact) mass is 165 g/mol. The van der Waals surface area contributed by atoms with Crippen LogP contribution in [0.3, 0.4) is 0 Å². The van der Waals surface area contributed by atoms with E-state index in [0.29, 0.717) is 6.42 Å². The Hall–Kier alpha value is -1.05. The lowest BCUT2D eigenvalue weighted by molar-refractivity contribution is -0.121. The van der Waals surface area contributed by atoms with Crippen molar-refractivity contribution in [1.82, 2.24) is 5.32 Å². The molecular formula is C10H15NO. The summed E-state index contributed by atoms with van der Waals surface area (Å²) < 4.78 is 0. The van der Waals surface area contributed by atoms with Crippen molar-refractivity contribution in [3.63, 3.8) is 0 Å². The van der Waals surface area contributed by atoms with Crippen molar-refractivity contribution in [2.75, 3.05) is 0 Å². The van der Waals surface area contributed by atoms with Gasteiger partial charge in [-0.15, -0.1) is 0 Å². The van der Waals surface area contributed by atoms with E-state index in [2.05, 4.69) is 25.2 Å². The molecule has 2 heteroatoms. The molecule has 1 rings (SSSR count). The fraction of sp³-hybridized carbons (Fsp3) is 0.500. The smallest absolute Gasteiger partial charge is 0.224 e. The summed E-state index contributed by atoms with van der Waals surface area (Å²) in [6.45, 7) is 6.00. The van der Waals surface area contributed by atoms with E-state index < -0.39 is 0 Å². The van der Waals surface area contributed by atoms with E-state index in [1.807, 2.05) is 19.1 Å². The molecule has 12 heavy (non-hydrogen) atoms. The molecule has 0 aromatic carbocycles. The summed E-state index contributed by atoms with van der Waals surface area (Å²) in [4.78, 5) is 11.3. The normalized spacial score (nSPS) is 29.2. The van der Waals surface area contributed by atoms with Gasteiger partial charge < -0.3 is 5.32 Å². The third-order valence-electron chi connectivity index (χ3n) is 1.85. The molecule has 0 spiro atoms. The van der Waals surface area contributed by atoms with Crippen molar-refractivity contribution in [1.29, 1.82) is 0 Å². The molecule has 1 aliphatic rings. The minimum atomic E-state index is -0.0265. The summed E-state index contributed by atoms with van der Waals surface area (Å²) in [7, 11) is 0. The molecule has 1 N–H and O–H groups in total. The second-order valence-electron chi connectivity index (χ2n) is 3.92. The highest BCUT2D eigenvalue weighted by Crippen LogP contribution is 2.23. The number of nitrogens with one attached hydrogen (secondary N) is 1. The van der Waals surface area contributed by atoms with Gasteiger partial charge in [-0.25, -0.2) is 0 Å². The number of hydrogen-bond acceptors (Lipinski definition) is 1. The number of carbonyl (C=O) groups excluding carboxylic acids is 1. The van der Waals surface area contributed by atoms with Crippen LogP contribution < -0.4 is 5.32 Å². The van der Waals surface area contributed by atoms with E-state index in [9.17, 15) is 4.79 Å². The Morgan fingerprint density at radius 2 is 2.17 bits per heavy atom. The number of allylic oxidation sites excluding steroid dienone is 4. The Kier molecular flexibility index (Phi) is 2.36. The van der Waals surface area contributed by atoms with Crippen LogP contribution in [0.1, 0.15) is 27.2 Å². The molecule has 0 saturated carbocycles. The molecule has 0 bridgehead atoms. The fourth-order valence-corrected chi connectivity index (χ4v) is 1.23. The van der Waals surface area contributed by atoms with Gasteiger partial charge in [0.05, 0.1) is 0 Å². The number of carbonyl (C=O) groups is 1. The van der Waals surface area contributed by atoms with Gasteiger partial charge in [0.15, 0.2) is 0 Å². The van der Waals surface area contributed by atoms with Gasteiger partial charge in [-0.2, -0.15) is 0 Å². The highest BCUT2D eigenvalue weighted by molar-refractivity contribution is 5.78. The maximum atomic E-state index is 11.3. The lowest BCUT2D eigenvalue weighted by Crippen LogP contribution is -2.27. The number of rotatable bonds is 0. The van der Waals surface area contributed by atoms with E-state index in [0.717, 1.165) is 5.70 Å². The summed E-state index contributed by atoms with van der Waals surface area (Å²) in [6.07, 6.45) is 6.53. The maximum Gasteiger partial charge on any atom is 0.224 e. The van der Waals surface area contributed by atoms with Gasteiger partial charge in [-0.1, -0.05) is 26.0 Å². The third-order valence-corrected chi connectivity index (χ3v) is 1.85. The topological polar surface area (TPSA) is 29.1 Å². The Labute approximate surface area is 73.4 Å². The van der Waals surface area contributed by atoms with Gasteiger partial charge in [0.1, 0.15) is 0 Å². The van der Waals surface area contributed by atoms with Crippen molar-refractivity contribution in [3.8, 4) is 0 Å². The van der Waals surface area contributed by atoms with Gasteiger partial charge in [-0.05, 0) is 18.4 Å². The van der Waals surface area contributed by atoms with E-state index >= 15 is 0 Å². The molecule has 66 valence electrons. The number of hydrogen-bond donors (Lipinski definition) is 1. The molecule has 2 nitrogen and oxygen atoms in total. The zero-order valence-electron chi connectivity index (χ0n) is 7.85. The first-order valence-corrected chi connectivity index (χ1v) is 4.16. The lowest BCUT2D eigenvalue weighted by Gasteiger charge is -2.21. The number of amides is 1. The first-order valence-electron chi connectivity index (χ1n) is 4.16. The van der Waals surface area contributed by atoms with Crippen molar-refractivity contribution in [2.45, 2.75) is 27.2 Å². The van der Waals surface area contributed by atoms with Gasteiger partial charge in [0, 0.05) is 12.1 Å². The van der Waals surface area contributed by atoms with Crippen LogP contribution in [0.4, 0.5) is 0 Å². The second-order valence-corrected chi connectivity index (χ2v) is 3.92. The SMILES string of the molecule is C/C1=C/C=C\C(C)(C)CC(=O)N1. The summed E-state index contributed by atoms with van der Waals surface area (Å²) >= 11 is 0. The molecule has 1 aliphatic heterocycles. The Morgan fingerprint density at radius 1 is 1.50 bits per heavy atom. The van der Waals surface area contributed by atoms with Crippen molar-refractivity contribution < 1.29 is 4.79 Å². The summed E-state index contributed by atoms with van der Waals surface area (Å²) in [5.41, 5.74) is 0.883. The molecular weight excluding hydrogens is 150 g/mol. The van der Waals surface area contributed by atoms with Crippen LogP contribution in [-0.4, -0.2) is 5.91 Å². The zero-order valence-corrected chi connectivity index (χ0v) is 7.85. The molecule has 0 saturated heterocycles. The predicted octanol–water partition coefficient (Wildman–Crippen LogP) is 1.99. The maximum absolute atomic E-state index is 11.3. The van der Waals surface area contributed by atoms with Crippen LogP contribution in [-0.2, 0) is 4.79 Å². The average molecular weight is 165 g/mol. The first-order chi connectivity index (χ1) is 5.49. The Bertz CT molecular complexity index is 249. The van der Waals surface area contributed by atoms with Crippen LogP contribution >= 0.6 is 0 Å². The van der Waals surface area contributed by atoms with Crippen LogP contribution in [0.25, 0.3) is 0 Å². The fourth-order valence-electron chi connectivity index (χ4n) is 1.23. The summed E-state index contributed by atoms with van der Waals surface area (Å²) in [5.74, 6) is 0.0955. The van der Waals surface area contributed by atoms with E-state index in [4.69, 9.17) is 0 Å². The van der Waals surface area contributed by atoms with E-state index in [1.165, 1.54) is 0 Å². The van der Waals surface area contributed by atoms with Crippen LogP contribution in [0, 0.1) is 5.41 Å². The molecule has 0 radical (unpaired) electrons. The van der Waals surface area contributed by atoms with Crippen LogP contribution in [0.15, 0.2) is 23.9 Å². The molecule has 0 fully saturated rings. The Balaban J connectivity index is 2.85. The minimum absolute atomic E-state index is 0.0265. The standard InChI is InChI=1S/C10H15NO/c1-8-5-4-6-10(2,3)7-9(12)11-8/h4-6H,7H2,1-3H3,(H,11,12)/b6-4-,8-5-. The average Bonchev–Trinajstić information content (AvgIpc) is 1.81. The summed E-state index contributed by atoms with van der Waals surface area (Å²) in [6, 6.07) is 0. The van der Waals surface area contributed by atoms with Crippen molar-refractivity contribution in [3.05, 3.63) is 23.9 Å². The van der Waals surface area contributed by atoms with E-state index in [1.54, 1.807) is 0 Å². The second kappa shape index (κ2) is 3.13. The molecule has 0 unspecified atom stereocenters.